The molecule has 1 N–H and O–H groups in total. The topological polar surface area (TPSA) is 66.8 Å². The van der Waals surface area contributed by atoms with Gasteiger partial charge in [-0.3, -0.25) is 0 Å². The average molecular weight is 313 g/mol. The largest absolute Gasteiger partial charge is 0.394 e. The quantitative estimate of drug-likeness (QED) is 0.896. The van der Waals surface area contributed by atoms with Crippen molar-refractivity contribution >= 4 is 10.0 Å². The Labute approximate surface area is 126 Å². The second-order valence-electron chi connectivity index (χ2n) is 5.42. The van der Waals surface area contributed by atoms with E-state index in [-0.39, 0.29) is 13.2 Å². The second-order valence-corrected chi connectivity index (χ2v) is 7.35. The highest BCUT2D eigenvalue weighted by atomic mass is 32.2. The maximum Gasteiger partial charge on any atom is 0.243 e. The third-order valence-corrected chi connectivity index (χ3v) is 5.88. The molecule has 0 saturated carbocycles. The van der Waals surface area contributed by atoms with E-state index in [2.05, 4.69) is 13.8 Å². The summed E-state index contributed by atoms with van der Waals surface area (Å²) in [5, 5.41) is 9.12. The fraction of sp³-hybridized carbons (Fsp3) is 0.600. The third kappa shape index (κ3) is 3.63. The molecule has 1 fully saturated rings. The Morgan fingerprint density at radius 2 is 2.05 bits per heavy atom. The van der Waals surface area contributed by atoms with Gasteiger partial charge in [0.1, 0.15) is 0 Å². The van der Waals surface area contributed by atoms with Crippen LogP contribution in [0.3, 0.4) is 0 Å². The van der Waals surface area contributed by atoms with Crippen LogP contribution < -0.4 is 0 Å². The molecule has 1 aliphatic heterocycles. The molecule has 0 spiro atoms. The van der Waals surface area contributed by atoms with E-state index >= 15 is 0 Å². The number of ether oxygens (including phenoxy) is 1. The van der Waals surface area contributed by atoms with Crippen LogP contribution in [0.25, 0.3) is 0 Å². The van der Waals surface area contributed by atoms with E-state index in [9.17, 15) is 8.42 Å². The standard InChI is InChI=1S/C15H23NO4S/c1-3-12(2)13-4-6-15(7-5-13)21(18,19)16-8-9-20-14(10-16)11-17/h4-7,12,14,17H,3,8-11H2,1-2H3. The van der Waals surface area contributed by atoms with Gasteiger partial charge in [-0.1, -0.05) is 26.0 Å². The minimum Gasteiger partial charge on any atom is -0.394 e. The number of hydrogen-bond acceptors (Lipinski definition) is 4. The Morgan fingerprint density at radius 1 is 1.38 bits per heavy atom. The maximum absolute atomic E-state index is 12.6. The number of aliphatic hydroxyl groups is 1. The van der Waals surface area contributed by atoms with Crippen molar-refractivity contribution < 1.29 is 18.3 Å². The van der Waals surface area contributed by atoms with Gasteiger partial charge in [-0.05, 0) is 30.0 Å². The number of benzene rings is 1. The van der Waals surface area contributed by atoms with Crippen LogP contribution >= 0.6 is 0 Å². The van der Waals surface area contributed by atoms with Crippen molar-refractivity contribution in [1.29, 1.82) is 0 Å². The molecular weight excluding hydrogens is 290 g/mol. The summed E-state index contributed by atoms with van der Waals surface area (Å²) in [6, 6.07) is 7.09. The fourth-order valence-corrected chi connectivity index (χ4v) is 3.83. The smallest absolute Gasteiger partial charge is 0.243 e. The molecule has 0 radical (unpaired) electrons. The minimum absolute atomic E-state index is 0.168. The van der Waals surface area contributed by atoms with Gasteiger partial charge in [0.25, 0.3) is 0 Å². The number of hydrogen-bond donors (Lipinski definition) is 1. The van der Waals surface area contributed by atoms with Crippen LogP contribution in [-0.4, -0.2) is 50.2 Å². The minimum atomic E-state index is -3.51. The lowest BCUT2D eigenvalue weighted by Crippen LogP contribution is -2.46. The van der Waals surface area contributed by atoms with Crippen LogP contribution in [-0.2, 0) is 14.8 Å². The molecule has 1 heterocycles. The molecule has 0 bridgehead atoms. The summed E-state index contributed by atoms with van der Waals surface area (Å²) in [7, 11) is -3.51. The van der Waals surface area contributed by atoms with Gasteiger partial charge in [0.15, 0.2) is 0 Å². The SMILES string of the molecule is CCC(C)c1ccc(S(=O)(=O)N2CCOC(CO)C2)cc1. The van der Waals surface area contributed by atoms with E-state index in [0.29, 0.717) is 24.0 Å². The molecule has 0 amide bonds. The second kappa shape index (κ2) is 6.87. The molecule has 1 aromatic rings. The molecule has 0 aromatic heterocycles. The lowest BCUT2D eigenvalue weighted by atomic mass is 9.99. The number of rotatable bonds is 5. The Morgan fingerprint density at radius 3 is 2.62 bits per heavy atom. The summed E-state index contributed by atoms with van der Waals surface area (Å²) in [4.78, 5) is 0.299. The fourth-order valence-electron chi connectivity index (χ4n) is 2.37. The van der Waals surface area contributed by atoms with Gasteiger partial charge in [0.05, 0.1) is 24.2 Å². The van der Waals surface area contributed by atoms with Gasteiger partial charge in [-0.25, -0.2) is 8.42 Å². The monoisotopic (exact) mass is 313 g/mol. The Hall–Kier alpha value is -0.950. The van der Waals surface area contributed by atoms with Crippen LogP contribution in [0, 0.1) is 0 Å². The molecule has 2 atom stereocenters. The zero-order chi connectivity index (χ0) is 15.5. The van der Waals surface area contributed by atoms with E-state index in [1.54, 1.807) is 12.1 Å². The predicted molar refractivity (Wildman–Crippen MR) is 80.7 cm³/mol. The van der Waals surface area contributed by atoms with Crippen molar-refractivity contribution in [3.63, 3.8) is 0 Å². The molecular formula is C15H23NO4S. The van der Waals surface area contributed by atoms with Crippen LogP contribution in [0.5, 0.6) is 0 Å². The third-order valence-electron chi connectivity index (χ3n) is 4.00. The van der Waals surface area contributed by atoms with Gasteiger partial charge in [0, 0.05) is 13.1 Å². The summed E-state index contributed by atoms with van der Waals surface area (Å²) in [6.45, 7) is 4.90. The molecule has 1 aromatic carbocycles. The highest BCUT2D eigenvalue weighted by Crippen LogP contribution is 2.23. The highest BCUT2D eigenvalue weighted by molar-refractivity contribution is 7.89. The zero-order valence-corrected chi connectivity index (χ0v) is 13.3. The molecule has 2 rings (SSSR count). The molecule has 6 heteroatoms. The van der Waals surface area contributed by atoms with Crippen molar-refractivity contribution in [3.8, 4) is 0 Å². The molecule has 5 nitrogen and oxygen atoms in total. The predicted octanol–water partition coefficient (Wildman–Crippen LogP) is 1.58. The Kier molecular flexibility index (Phi) is 5.37. The Balaban J connectivity index is 2.19. The van der Waals surface area contributed by atoms with E-state index in [0.717, 1.165) is 12.0 Å². The van der Waals surface area contributed by atoms with Crippen LogP contribution in [0.15, 0.2) is 29.2 Å². The molecule has 1 saturated heterocycles. The summed E-state index contributed by atoms with van der Waals surface area (Å²) >= 11 is 0. The van der Waals surface area contributed by atoms with E-state index in [1.807, 2.05) is 12.1 Å². The van der Waals surface area contributed by atoms with Crippen LogP contribution in [0.2, 0.25) is 0 Å². The van der Waals surface area contributed by atoms with Gasteiger partial charge in [0.2, 0.25) is 10.0 Å². The highest BCUT2D eigenvalue weighted by Gasteiger charge is 2.30. The summed E-state index contributed by atoms with van der Waals surface area (Å²) in [5.41, 5.74) is 1.15. The van der Waals surface area contributed by atoms with Crippen LogP contribution in [0.4, 0.5) is 0 Å². The van der Waals surface area contributed by atoms with Gasteiger partial charge >= 0.3 is 0 Å². The molecule has 2 unspecified atom stereocenters. The number of morpholine rings is 1. The normalized spacial score (nSPS) is 22.1. The molecule has 21 heavy (non-hydrogen) atoms. The number of sulfonamides is 1. The lowest BCUT2D eigenvalue weighted by Gasteiger charge is -2.31. The lowest BCUT2D eigenvalue weighted by molar-refractivity contribution is -0.0304. The van der Waals surface area contributed by atoms with E-state index in [1.165, 1.54) is 4.31 Å². The van der Waals surface area contributed by atoms with Gasteiger partial charge < -0.3 is 9.84 Å². The van der Waals surface area contributed by atoms with Crippen molar-refractivity contribution in [2.24, 2.45) is 0 Å². The molecule has 1 aliphatic rings. The molecule has 0 aliphatic carbocycles. The molecule has 118 valence electrons. The summed E-state index contributed by atoms with van der Waals surface area (Å²) in [5.74, 6) is 0.420. The first-order chi connectivity index (χ1) is 9.98. The van der Waals surface area contributed by atoms with E-state index < -0.39 is 16.1 Å². The van der Waals surface area contributed by atoms with Crippen molar-refractivity contribution in [1.82, 2.24) is 4.31 Å². The van der Waals surface area contributed by atoms with Gasteiger partial charge in [-0.15, -0.1) is 0 Å². The summed E-state index contributed by atoms with van der Waals surface area (Å²) in [6.07, 6.45) is 0.584. The van der Waals surface area contributed by atoms with Gasteiger partial charge in [-0.2, -0.15) is 4.31 Å². The van der Waals surface area contributed by atoms with Crippen molar-refractivity contribution in [2.75, 3.05) is 26.3 Å². The zero-order valence-electron chi connectivity index (χ0n) is 12.5. The first-order valence-corrected chi connectivity index (χ1v) is 8.75. The number of nitrogens with zero attached hydrogens (tertiary/aromatic N) is 1. The average Bonchev–Trinajstić information content (AvgIpc) is 2.54. The van der Waals surface area contributed by atoms with Crippen molar-refractivity contribution in [3.05, 3.63) is 29.8 Å². The summed E-state index contributed by atoms with van der Waals surface area (Å²) < 4.78 is 31.9. The van der Waals surface area contributed by atoms with E-state index in [4.69, 9.17) is 9.84 Å². The van der Waals surface area contributed by atoms with Crippen LogP contribution in [0.1, 0.15) is 31.7 Å². The Bertz CT molecular complexity index is 556. The first kappa shape index (κ1) is 16.4. The first-order valence-electron chi connectivity index (χ1n) is 7.31. The number of aliphatic hydroxyl groups excluding tert-OH is 1. The van der Waals surface area contributed by atoms with Crippen molar-refractivity contribution in [2.45, 2.75) is 37.2 Å². The maximum atomic E-state index is 12.6.